The number of hydrogen-bond donors (Lipinski definition) is 0. The standard InChI is InChI=1S/C10H15.C5H5.6ClH.2Zr/c1-6-7(2)9(4)10(5)8(6)3;1-2-4-5-3-1;;;;;;;;/h1-5H3;1-5H;6*1H;;/q2*-1;;;;;;;2*+4/p-6. The third-order valence-electron chi connectivity index (χ3n) is 3.37. The first-order valence-electron chi connectivity index (χ1n) is 5.42. The van der Waals surface area contributed by atoms with E-state index in [2.05, 4.69) is 34.6 Å². The summed E-state index contributed by atoms with van der Waals surface area (Å²) in [5, 5.41) is 0. The van der Waals surface area contributed by atoms with Crippen molar-refractivity contribution in [3.05, 3.63) is 58.1 Å². The van der Waals surface area contributed by atoms with Crippen molar-refractivity contribution in [2.24, 2.45) is 0 Å². The fraction of sp³-hybridized carbons (Fsp3) is 0.333. The maximum atomic E-state index is 2.20. The van der Waals surface area contributed by atoms with Crippen LogP contribution in [0, 0.1) is 34.6 Å². The van der Waals surface area contributed by atoms with Crippen LogP contribution in [0.4, 0.5) is 0 Å². The average Bonchev–Trinajstić information content (AvgIpc) is 2.86. The minimum Gasteiger partial charge on any atom is -1.00 e. The van der Waals surface area contributed by atoms with Crippen LogP contribution in [0.2, 0.25) is 0 Å². The summed E-state index contributed by atoms with van der Waals surface area (Å²) in [4.78, 5) is 0. The van der Waals surface area contributed by atoms with Crippen LogP contribution < -0.4 is 74.4 Å². The van der Waals surface area contributed by atoms with Gasteiger partial charge in [0.2, 0.25) is 0 Å². The molecule has 0 N–H and O–H groups in total. The first-order valence-corrected chi connectivity index (χ1v) is 5.42. The molecule has 0 heterocycles. The summed E-state index contributed by atoms with van der Waals surface area (Å²) in [5.74, 6) is 0. The molecule has 0 aromatic heterocycles. The van der Waals surface area contributed by atoms with Gasteiger partial charge in [0.15, 0.2) is 0 Å². The van der Waals surface area contributed by atoms with Crippen LogP contribution in [0.1, 0.15) is 27.8 Å². The van der Waals surface area contributed by atoms with Crippen molar-refractivity contribution in [1.82, 2.24) is 0 Å². The van der Waals surface area contributed by atoms with Crippen LogP contribution >= 0.6 is 0 Å². The largest absolute Gasteiger partial charge is 4.00 e. The maximum Gasteiger partial charge on any atom is 4.00 e. The van der Waals surface area contributed by atoms with E-state index >= 15 is 0 Å². The zero-order chi connectivity index (χ0) is 11.4. The Morgan fingerprint density at radius 1 is 0.652 bits per heavy atom. The summed E-state index contributed by atoms with van der Waals surface area (Å²) >= 11 is 0. The third-order valence-corrected chi connectivity index (χ3v) is 3.37. The molecule has 0 radical (unpaired) electrons. The van der Waals surface area contributed by atoms with Crippen molar-refractivity contribution >= 4 is 0 Å². The van der Waals surface area contributed by atoms with E-state index in [-0.39, 0.29) is 127 Å². The molecule has 0 aliphatic heterocycles. The van der Waals surface area contributed by atoms with Crippen molar-refractivity contribution in [1.29, 1.82) is 0 Å². The number of rotatable bonds is 0. The van der Waals surface area contributed by atoms with Gasteiger partial charge in [-0.15, -0.1) is 0 Å². The van der Waals surface area contributed by atoms with Gasteiger partial charge in [0.1, 0.15) is 0 Å². The molecule has 0 aliphatic carbocycles. The number of hydrogen-bond acceptors (Lipinski definition) is 0. The predicted octanol–water partition coefficient (Wildman–Crippen LogP) is -13.6. The zero-order valence-corrected chi connectivity index (χ0v) is 23.1. The van der Waals surface area contributed by atoms with Crippen molar-refractivity contribution in [3.8, 4) is 0 Å². The zero-order valence-electron chi connectivity index (χ0n) is 13.7. The van der Waals surface area contributed by atoms with E-state index in [1.54, 1.807) is 0 Å². The van der Waals surface area contributed by atoms with Gasteiger partial charge in [0.25, 0.3) is 0 Å². The van der Waals surface area contributed by atoms with Crippen LogP contribution in [0.3, 0.4) is 0 Å². The van der Waals surface area contributed by atoms with E-state index in [1.165, 1.54) is 27.8 Å². The molecule has 0 amide bonds. The summed E-state index contributed by atoms with van der Waals surface area (Å²) in [6, 6.07) is 10.0. The second kappa shape index (κ2) is 26.4. The van der Waals surface area contributed by atoms with Crippen LogP contribution in [0.25, 0.3) is 0 Å². The quantitative estimate of drug-likeness (QED) is 0.266. The number of halogens is 6. The van der Waals surface area contributed by atoms with Crippen molar-refractivity contribution in [2.45, 2.75) is 34.6 Å². The SMILES string of the molecule is Cc1c(C)c(C)[c-](C)c1C.[Cl-].[Cl-].[Cl-].[Cl-].[Cl-].[Cl-].[Zr+4].[Zr+4].c1cc[cH-]c1. The molecule has 130 valence electrons. The van der Waals surface area contributed by atoms with Crippen LogP contribution in [0.5, 0.6) is 0 Å². The van der Waals surface area contributed by atoms with Gasteiger partial charge in [-0.1, -0.05) is 34.6 Å². The third kappa shape index (κ3) is 16.1. The monoisotopic (exact) mass is 590 g/mol. The Morgan fingerprint density at radius 2 is 0.913 bits per heavy atom. The fourth-order valence-electron chi connectivity index (χ4n) is 1.73. The van der Waals surface area contributed by atoms with Crippen LogP contribution in [-0.4, -0.2) is 0 Å². The molecule has 0 atom stereocenters. The summed E-state index contributed by atoms with van der Waals surface area (Å²) < 4.78 is 0. The Bertz CT molecular complexity index is 330. The van der Waals surface area contributed by atoms with Crippen molar-refractivity contribution < 1.29 is 127 Å². The molecular formula is C15H20Cl6Zr2. The molecule has 0 saturated heterocycles. The van der Waals surface area contributed by atoms with Gasteiger partial charge in [0, 0.05) is 0 Å². The fourth-order valence-corrected chi connectivity index (χ4v) is 1.73. The first kappa shape index (κ1) is 49.9. The van der Waals surface area contributed by atoms with Crippen LogP contribution in [-0.2, 0) is 52.4 Å². The summed E-state index contributed by atoms with van der Waals surface area (Å²) in [6.07, 6.45) is 0. The van der Waals surface area contributed by atoms with E-state index < -0.39 is 0 Å². The first-order chi connectivity index (χ1) is 7.05. The molecule has 2 aromatic rings. The van der Waals surface area contributed by atoms with Crippen LogP contribution in [0.15, 0.2) is 30.3 Å². The Kier molecular flexibility index (Phi) is 57.3. The molecule has 0 spiro atoms. The van der Waals surface area contributed by atoms with Gasteiger partial charge in [-0.05, 0) is 0 Å². The van der Waals surface area contributed by atoms with Gasteiger partial charge in [0.05, 0.1) is 0 Å². The Hall–Kier alpha value is 2.21. The molecule has 23 heavy (non-hydrogen) atoms. The molecule has 8 heteroatoms. The smallest absolute Gasteiger partial charge is 1.00 e. The summed E-state index contributed by atoms with van der Waals surface area (Å²) in [6.45, 7) is 11.0. The van der Waals surface area contributed by atoms with E-state index in [0.29, 0.717) is 0 Å². The average molecular weight is 595 g/mol. The minimum absolute atomic E-state index is 0. The van der Waals surface area contributed by atoms with Gasteiger partial charge in [-0.25, -0.2) is 12.1 Å². The normalized spacial score (nSPS) is 6.30. The topological polar surface area (TPSA) is 0 Å². The maximum absolute atomic E-state index is 2.20. The van der Waals surface area contributed by atoms with Crippen molar-refractivity contribution in [2.75, 3.05) is 0 Å². The summed E-state index contributed by atoms with van der Waals surface area (Å²) in [7, 11) is 0. The van der Waals surface area contributed by atoms with Crippen molar-refractivity contribution in [3.63, 3.8) is 0 Å². The van der Waals surface area contributed by atoms with Gasteiger partial charge < -0.3 is 74.4 Å². The molecular weight excluding hydrogens is 575 g/mol. The van der Waals surface area contributed by atoms with E-state index in [9.17, 15) is 0 Å². The molecule has 0 bridgehead atoms. The minimum atomic E-state index is 0. The Balaban J connectivity index is -0.0000000262. The van der Waals surface area contributed by atoms with Gasteiger partial charge in [-0.2, -0.15) is 46.0 Å². The molecule has 2 rings (SSSR count). The molecule has 0 saturated carbocycles. The molecule has 0 aliphatic rings. The summed E-state index contributed by atoms with van der Waals surface area (Å²) in [5.41, 5.74) is 7.34. The van der Waals surface area contributed by atoms with E-state index in [0.717, 1.165) is 0 Å². The van der Waals surface area contributed by atoms with Gasteiger partial charge in [-0.3, -0.25) is 0 Å². The van der Waals surface area contributed by atoms with E-state index in [4.69, 9.17) is 0 Å². The molecule has 0 fully saturated rings. The molecule has 2 aromatic carbocycles. The second-order valence-corrected chi connectivity index (χ2v) is 4.09. The van der Waals surface area contributed by atoms with Gasteiger partial charge >= 0.3 is 52.4 Å². The Morgan fingerprint density at radius 3 is 1.00 bits per heavy atom. The second-order valence-electron chi connectivity index (χ2n) is 4.09. The van der Waals surface area contributed by atoms with E-state index in [1.807, 2.05) is 30.3 Å². The predicted molar refractivity (Wildman–Crippen MR) is 67.8 cm³/mol. The Labute approximate surface area is 217 Å². The molecule has 0 unspecified atom stereocenters. The molecule has 0 nitrogen and oxygen atoms in total.